The summed E-state index contributed by atoms with van der Waals surface area (Å²) in [5, 5.41) is 8.94. The third kappa shape index (κ3) is 3.45. The fourth-order valence-corrected chi connectivity index (χ4v) is 2.80. The zero-order valence-electron chi connectivity index (χ0n) is 11.2. The van der Waals surface area contributed by atoms with E-state index in [1.54, 1.807) is 12.0 Å². The summed E-state index contributed by atoms with van der Waals surface area (Å²) in [6.07, 6.45) is 2.84. The topological polar surface area (TPSA) is 76.1 Å². The van der Waals surface area contributed by atoms with E-state index in [0.29, 0.717) is 13.2 Å². The minimum Gasteiger partial charge on any atom is -0.479 e. The highest BCUT2D eigenvalue weighted by molar-refractivity contribution is 5.80. The van der Waals surface area contributed by atoms with E-state index in [-0.39, 0.29) is 24.5 Å². The number of rotatable bonds is 3. The zero-order valence-corrected chi connectivity index (χ0v) is 11.2. The number of hydrogen-bond acceptors (Lipinski definition) is 4. The number of amides is 1. The first-order valence-corrected chi connectivity index (χ1v) is 6.77. The van der Waals surface area contributed by atoms with Crippen molar-refractivity contribution in [2.75, 3.05) is 26.8 Å². The van der Waals surface area contributed by atoms with Crippen molar-refractivity contribution < 1.29 is 24.2 Å². The van der Waals surface area contributed by atoms with Crippen molar-refractivity contribution in [3.8, 4) is 0 Å². The highest BCUT2D eigenvalue weighted by atomic mass is 16.5. The average Bonchev–Trinajstić information content (AvgIpc) is 2.46. The van der Waals surface area contributed by atoms with Crippen molar-refractivity contribution in [2.45, 2.75) is 37.9 Å². The van der Waals surface area contributed by atoms with Gasteiger partial charge in [-0.1, -0.05) is 0 Å². The standard InChI is InChI=1S/C13H21NO5/c1-18-10-4-2-9(3-5-10)12(15)14-6-7-19-11(8-14)13(16)17/h9-11H,2-8H2,1H3,(H,16,17). The lowest BCUT2D eigenvalue weighted by molar-refractivity contribution is -0.161. The molecule has 1 saturated heterocycles. The summed E-state index contributed by atoms with van der Waals surface area (Å²) in [5.41, 5.74) is 0. The number of carbonyl (C=O) groups is 2. The summed E-state index contributed by atoms with van der Waals surface area (Å²) >= 11 is 0. The van der Waals surface area contributed by atoms with Gasteiger partial charge in [0.05, 0.1) is 19.3 Å². The van der Waals surface area contributed by atoms with E-state index < -0.39 is 12.1 Å². The molecule has 1 atom stereocenters. The Labute approximate surface area is 112 Å². The molecule has 1 aliphatic carbocycles. The molecule has 0 bridgehead atoms. The molecule has 1 amide bonds. The Kier molecular flexibility index (Phi) is 4.76. The number of carboxylic acid groups (broad SMARTS) is 1. The van der Waals surface area contributed by atoms with Crippen LogP contribution in [0.3, 0.4) is 0 Å². The molecule has 0 spiro atoms. The highest BCUT2D eigenvalue weighted by Gasteiger charge is 2.34. The number of methoxy groups -OCH3 is 1. The molecule has 0 aromatic rings. The van der Waals surface area contributed by atoms with Gasteiger partial charge in [0, 0.05) is 19.6 Å². The first kappa shape index (κ1) is 14.3. The third-order valence-corrected chi connectivity index (χ3v) is 4.01. The number of hydrogen-bond donors (Lipinski definition) is 1. The van der Waals surface area contributed by atoms with Crippen LogP contribution in [0.1, 0.15) is 25.7 Å². The van der Waals surface area contributed by atoms with E-state index >= 15 is 0 Å². The van der Waals surface area contributed by atoms with E-state index in [0.717, 1.165) is 25.7 Å². The SMILES string of the molecule is COC1CCC(C(=O)N2CCOC(C(=O)O)C2)CC1. The van der Waals surface area contributed by atoms with Crippen LogP contribution in [0.4, 0.5) is 0 Å². The molecule has 0 aromatic carbocycles. The van der Waals surface area contributed by atoms with Gasteiger partial charge < -0.3 is 19.5 Å². The Balaban J connectivity index is 1.87. The second-order valence-electron chi connectivity index (χ2n) is 5.19. The molecule has 6 nitrogen and oxygen atoms in total. The lowest BCUT2D eigenvalue weighted by Gasteiger charge is -2.35. The van der Waals surface area contributed by atoms with Crippen LogP contribution in [0.15, 0.2) is 0 Å². The second kappa shape index (κ2) is 6.34. The van der Waals surface area contributed by atoms with Gasteiger partial charge in [-0.2, -0.15) is 0 Å². The fourth-order valence-electron chi connectivity index (χ4n) is 2.80. The van der Waals surface area contributed by atoms with Gasteiger partial charge in [0.15, 0.2) is 6.10 Å². The van der Waals surface area contributed by atoms with Crippen molar-refractivity contribution in [3.63, 3.8) is 0 Å². The number of aliphatic carboxylic acids is 1. The van der Waals surface area contributed by atoms with Crippen LogP contribution >= 0.6 is 0 Å². The van der Waals surface area contributed by atoms with E-state index in [4.69, 9.17) is 14.6 Å². The van der Waals surface area contributed by atoms with Crippen LogP contribution in [0.2, 0.25) is 0 Å². The van der Waals surface area contributed by atoms with Crippen molar-refractivity contribution in [1.29, 1.82) is 0 Å². The van der Waals surface area contributed by atoms with Crippen LogP contribution < -0.4 is 0 Å². The van der Waals surface area contributed by atoms with Crippen LogP contribution in [-0.2, 0) is 19.1 Å². The van der Waals surface area contributed by atoms with Gasteiger partial charge in [0.1, 0.15) is 0 Å². The first-order chi connectivity index (χ1) is 9.11. The maximum absolute atomic E-state index is 12.4. The summed E-state index contributed by atoms with van der Waals surface area (Å²) in [4.78, 5) is 24.9. The van der Waals surface area contributed by atoms with Gasteiger partial charge in [-0.25, -0.2) is 4.79 Å². The molecule has 1 aliphatic heterocycles. The molecule has 0 aromatic heterocycles. The van der Waals surface area contributed by atoms with E-state index in [1.807, 2.05) is 0 Å². The Morgan fingerprint density at radius 2 is 1.95 bits per heavy atom. The third-order valence-electron chi connectivity index (χ3n) is 4.01. The van der Waals surface area contributed by atoms with Crippen LogP contribution in [0, 0.1) is 5.92 Å². The lowest BCUT2D eigenvalue weighted by Crippen LogP contribution is -2.50. The quantitative estimate of drug-likeness (QED) is 0.809. The van der Waals surface area contributed by atoms with Gasteiger partial charge in [-0.15, -0.1) is 0 Å². The number of carboxylic acids is 1. The minimum absolute atomic E-state index is 0.0129. The van der Waals surface area contributed by atoms with Gasteiger partial charge in [0.2, 0.25) is 5.91 Å². The molecule has 0 radical (unpaired) electrons. The molecule has 2 rings (SSSR count). The summed E-state index contributed by atoms with van der Waals surface area (Å²) < 4.78 is 10.4. The van der Waals surface area contributed by atoms with Gasteiger partial charge in [-0.3, -0.25) is 4.79 Å². The van der Waals surface area contributed by atoms with Crippen LogP contribution in [-0.4, -0.2) is 60.9 Å². The number of morpholine rings is 1. The second-order valence-corrected chi connectivity index (χ2v) is 5.19. The van der Waals surface area contributed by atoms with Crippen LogP contribution in [0.25, 0.3) is 0 Å². The molecule has 19 heavy (non-hydrogen) atoms. The van der Waals surface area contributed by atoms with E-state index in [2.05, 4.69) is 0 Å². The zero-order chi connectivity index (χ0) is 13.8. The summed E-state index contributed by atoms with van der Waals surface area (Å²) in [5.74, 6) is -0.913. The van der Waals surface area contributed by atoms with Crippen molar-refractivity contribution >= 4 is 11.9 Å². The fraction of sp³-hybridized carbons (Fsp3) is 0.846. The predicted octanol–water partition coefficient (Wildman–Crippen LogP) is 0.504. The summed E-state index contributed by atoms with van der Waals surface area (Å²) in [6, 6.07) is 0. The molecular weight excluding hydrogens is 250 g/mol. The van der Waals surface area contributed by atoms with E-state index in [9.17, 15) is 9.59 Å². The Hall–Kier alpha value is -1.14. The number of ether oxygens (including phenoxy) is 2. The van der Waals surface area contributed by atoms with Gasteiger partial charge in [0.25, 0.3) is 0 Å². The van der Waals surface area contributed by atoms with Gasteiger partial charge in [-0.05, 0) is 25.7 Å². The summed E-state index contributed by atoms with van der Waals surface area (Å²) in [6.45, 7) is 0.960. The molecule has 1 unspecified atom stereocenters. The first-order valence-electron chi connectivity index (χ1n) is 6.77. The van der Waals surface area contributed by atoms with Crippen molar-refractivity contribution in [2.24, 2.45) is 5.92 Å². The normalized spacial score (nSPS) is 32.1. The maximum atomic E-state index is 12.4. The van der Waals surface area contributed by atoms with E-state index in [1.165, 1.54) is 0 Å². The Morgan fingerprint density at radius 3 is 2.53 bits per heavy atom. The smallest absolute Gasteiger partial charge is 0.334 e. The summed E-state index contributed by atoms with van der Waals surface area (Å²) in [7, 11) is 1.70. The highest BCUT2D eigenvalue weighted by Crippen LogP contribution is 2.27. The Bertz CT molecular complexity index is 338. The molecule has 2 fully saturated rings. The van der Waals surface area contributed by atoms with Crippen molar-refractivity contribution in [1.82, 2.24) is 4.90 Å². The monoisotopic (exact) mass is 271 g/mol. The number of carbonyl (C=O) groups excluding carboxylic acids is 1. The minimum atomic E-state index is -0.999. The average molecular weight is 271 g/mol. The Morgan fingerprint density at radius 1 is 1.26 bits per heavy atom. The van der Waals surface area contributed by atoms with Crippen molar-refractivity contribution in [3.05, 3.63) is 0 Å². The van der Waals surface area contributed by atoms with Gasteiger partial charge >= 0.3 is 5.97 Å². The predicted molar refractivity (Wildman–Crippen MR) is 66.7 cm³/mol. The molecule has 2 aliphatic rings. The molecule has 6 heteroatoms. The molecule has 108 valence electrons. The lowest BCUT2D eigenvalue weighted by atomic mass is 9.86. The largest absolute Gasteiger partial charge is 0.479 e. The molecule has 1 saturated carbocycles. The van der Waals surface area contributed by atoms with Crippen LogP contribution in [0.5, 0.6) is 0 Å². The molecular formula is C13H21NO5. The molecule has 1 N–H and O–H groups in total. The number of nitrogens with zero attached hydrogens (tertiary/aromatic N) is 1. The maximum Gasteiger partial charge on any atom is 0.334 e. The molecule has 1 heterocycles.